The van der Waals surface area contributed by atoms with E-state index in [1.807, 2.05) is 35.9 Å². The predicted octanol–water partition coefficient (Wildman–Crippen LogP) is 6.52. The van der Waals surface area contributed by atoms with E-state index in [0.717, 1.165) is 72.3 Å². The van der Waals surface area contributed by atoms with Crippen LogP contribution in [0.4, 0.5) is 13.2 Å². The maximum absolute atomic E-state index is 12.9. The molecule has 1 unspecified atom stereocenters. The summed E-state index contributed by atoms with van der Waals surface area (Å²) in [4.78, 5) is 6.68. The summed E-state index contributed by atoms with van der Waals surface area (Å²) >= 11 is 1.71. The van der Waals surface area contributed by atoms with Crippen LogP contribution in [0.5, 0.6) is 0 Å². The molecule has 1 saturated carbocycles. The predicted molar refractivity (Wildman–Crippen MR) is 140 cm³/mol. The van der Waals surface area contributed by atoms with E-state index in [1.165, 1.54) is 12.1 Å². The van der Waals surface area contributed by atoms with Crippen LogP contribution >= 0.6 is 11.8 Å². The molecule has 1 saturated heterocycles. The van der Waals surface area contributed by atoms with Gasteiger partial charge in [-0.25, -0.2) is 4.98 Å². The van der Waals surface area contributed by atoms with Gasteiger partial charge >= 0.3 is 6.18 Å². The Hall–Kier alpha value is -3.11. The third kappa shape index (κ3) is 4.99. The first kappa shape index (κ1) is 25.2. The normalized spacial score (nSPS) is 21.4. The van der Waals surface area contributed by atoms with Crippen LogP contribution in [0.15, 0.2) is 70.6 Å². The molecule has 6 rings (SSSR count). The smallest absolute Gasteiger partial charge is 0.416 e. The van der Waals surface area contributed by atoms with E-state index in [-0.39, 0.29) is 5.41 Å². The van der Waals surface area contributed by atoms with Crippen molar-refractivity contribution in [1.29, 1.82) is 0 Å². The second-order valence-corrected chi connectivity index (χ2v) is 11.3. The standard InChI is InChI=1S/C28H28F3N5OS/c1-35-24(20-3-5-21(6-4-20)25-32-12-15-37-25)33-34-26(35)38-16-2-13-36-14-11-27(18-36)17-23(27)19-7-9-22(10-8-19)28(29,30)31/h3-10,12,15,23H,2,11,13-14,16-18H2,1H3/t23-,27?/m1/s1. The van der Waals surface area contributed by atoms with Crippen LogP contribution in [-0.2, 0) is 13.2 Å². The van der Waals surface area contributed by atoms with Gasteiger partial charge in [-0.15, -0.1) is 10.2 Å². The molecular formula is C28H28F3N5OS. The topological polar surface area (TPSA) is 60.0 Å². The maximum Gasteiger partial charge on any atom is 0.416 e. The van der Waals surface area contributed by atoms with Gasteiger partial charge in [0.05, 0.1) is 11.8 Å². The first-order valence-corrected chi connectivity index (χ1v) is 13.7. The van der Waals surface area contributed by atoms with Gasteiger partial charge in [0.25, 0.3) is 0 Å². The number of oxazole rings is 1. The number of benzene rings is 2. The van der Waals surface area contributed by atoms with Gasteiger partial charge < -0.3 is 13.9 Å². The number of hydrogen-bond donors (Lipinski definition) is 0. The van der Waals surface area contributed by atoms with Crippen molar-refractivity contribution in [2.75, 3.05) is 25.4 Å². The van der Waals surface area contributed by atoms with Crippen LogP contribution in [0.1, 0.15) is 36.3 Å². The van der Waals surface area contributed by atoms with Crippen molar-refractivity contribution in [2.24, 2.45) is 12.5 Å². The number of alkyl halides is 3. The SMILES string of the molecule is Cn1c(SCCCN2CCC3(C[C@@H]3c3ccc(C(F)(F)F)cc3)C2)nnc1-c1ccc(-c2ncco2)cc1. The summed E-state index contributed by atoms with van der Waals surface area (Å²) in [5, 5.41) is 9.68. The van der Waals surface area contributed by atoms with Crippen LogP contribution in [0.25, 0.3) is 22.8 Å². The molecule has 38 heavy (non-hydrogen) atoms. The van der Waals surface area contributed by atoms with Gasteiger partial charge in [-0.2, -0.15) is 13.2 Å². The molecule has 1 aliphatic carbocycles. The molecule has 0 radical (unpaired) electrons. The molecule has 0 bridgehead atoms. The Morgan fingerprint density at radius 3 is 2.53 bits per heavy atom. The molecule has 2 aromatic heterocycles. The molecule has 0 amide bonds. The third-order valence-electron chi connectivity index (χ3n) is 7.80. The summed E-state index contributed by atoms with van der Waals surface area (Å²) in [7, 11) is 1.98. The van der Waals surface area contributed by atoms with Gasteiger partial charge in [-0.05, 0) is 73.5 Å². The Balaban J connectivity index is 0.976. The van der Waals surface area contributed by atoms with Crippen LogP contribution in [-0.4, -0.2) is 50.0 Å². The second kappa shape index (κ2) is 9.89. The fourth-order valence-corrected chi connectivity index (χ4v) is 6.46. The Labute approximate surface area is 223 Å². The van der Waals surface area contributed by atoms with Gasteiger partial charge in [-0.3, -0.25) is 0 Å². The molecule has 10 heteroatoms. The summed E-state index contributed by atoms with van der Waals surface area (Å²) in [6.45, 7) is 3.10. The number of hydrogen-bond acceptors (Lipinski definition) is 6. The van der Waals surface area contributed by atoms with Gasteiger partial charge in [0.1, 0.15) is 6.26 Å². The number of aromatic nitrogens is 4. The fraction of sp³-hybridized carbons (Fsp3) is 0.393. The largest absolute Gasteiger partial charge is 0.445 e. The molecule has 2 fully saturated rings. The van der Waals surface area contributed by atoms with Crippen molar-refractivity contribution >= 4 is 11.8 Å². The van der Waals surface area contributed by atoms with Crippen molar-refractivity contribution in [2.45, 2.75) is 36.5 Å². The zero-order valence-corrected chi connectivity index (χ0v) is 21.8. The lowest BCUT2D eigenvalue weighted by Crippen LogP contribution is -2.23. The van der Waals surface area contributed by atoms with E-state index >= 15 is 0 Å². The second-order valence-electron chi connectivity index (χ2n) is 10.2. The molecule has 198 valence electrons. The van der Waals surface area contributed by atoms with E-state index < -0.39 is 11.7 Å². The van der Waals surface area contributed by atoms with Crippen LogP contribution in [0.3, 0.4) is 0 Å². The lowest BCUT2D eigenvalue weighted by atomic mass is 9.97. The highest BCUT2D eigenvalue weighted by Crippen LogP contribution is 2.64. The molecule has 3 heterocycles. The van der Waals surface area contributed by atoms with Gasteiger partial charge in [0.15, 0.2) is 11.0 Å². The Morgan fingerprint density at radius 1 is 1.05 bits per heavy atom. The first-order valence-electron chi connectivity index (χ1n) is 12.7. The van der Waals surface area contributed by atoms with Crippen molar-refractivity contribution in [3.8, 4) is 22.8 Å². The summed E-state index contributed by atoms with van der Waals surface area (Å²) in [5.74, 6) is 2.73. The monoisotopic (exact) mass is 539 g/mol. The third-order valence-corrected chi connectivity index (χ3v) is 8.91. The Morgan fingerprint density at radius 2 is 1.82 bits per heavy atom. The Bertz CT molecular complexity index is 1390. The quantitative estimate of drug-likeness (QED) is 0.188. The minimum Gasteiger partial charge on any atom is -0.445 e. The lowest BCUT2D eigenvalue weighted by Gasteiger charge is -2.16. The summed E-state index contributed by atoms with van der Waals surface area (Å²) in [6.07, 6.45) is 2.14. The van der Waals surface area contributed by atoms with Gasteiger partial charge in [0.2, 0.25) is 5.89 Å². The van der Waals surface area contributed by atoms with E-state index in [0.29, 0.717) is 11.8 Å². The van der Waals surface area contributed by atoms with E-state index in [9.17, 15) is 13.2 Å². The molecule has 1 spiro atoms. The minimum absolute atomic E-state index is 0.244. The lowest BCUT2D eigenvalue weighted by molar-refractivity contribution is -0.137. The number of nitrogens with zero attached hydrogens (tertiary/aromatic N) is 5. The molecule has 6 nitrogen and oxygen atoms in total. The number of likely N-dealkylation sites (tertiary alicyclic amines) is 1. The molecular weight excluding hydrogens is 511 g/mol. The zero-order chi connectivity index (χ0) is 26.3. The van der Waals surface area contributed by atoms with Gasteiger partial charge in [-0.1, -0.05) is 36.0 Å². The summed E-state index contributed by atoms with van der Waals surface area (Å²) in [5.41, 5.74) is 2.61. The summed E-state index contributed by atoms with van der Waals surface area (Å²) < 4.78 is 46.0. The van der Waals surface area contributed by atoms with Crippen molar-refractivity contribution in [3.63, 3.8) is 0 Å². The van der Waals surface area contributed by atoms with Crippen LogP contribution in [0, 0.1) is 5.41 Å². The zero-order valence-electron chi connectivity index (χ0n) is 21.0. The van der Waals surface area contributed by atoms with Crippen molar-refractivity contribution < 1.29 is 17.6 Å². The average molecular weight is 540 g/mol. The first-order chi connectivity index (χ1) is 18.3. The molecule has 2 aromatic carbocycles. The summed E-state index contributed by atoms with van der Waals surface area (Å²) in [6, 6.07) is 13.7. The fourth-order valence-electron chi connectivity index (χ4n) is 5.62. The molecule has 2 aliphatic rings. The molecule has 2 atom stereocenters. The Kier molecular flexibility index (Phi) is 6.55. The van der Waals surface area contributed by atoms with Crippen LogP contribution in [0.2, 0.25) is 0 Å². The van der Waals surface area contributed by atoms with E-state index in [2.05, 4.69) is 20.1 Å². The highest BCUT2D eigenvalue weighted by atomic mass is 32.2. The highest BCUT2D eigenvalue weighted by molar-refractivity contribution is 7.99. The number of halogens is 3. The van der Waals surface area contributed by atoms with Crippen molar-refractivity contribution in [1.82, 2.24) is 24.6 Å². The number of rotatable bonds is 8. The highest BCUT2D eigenvalue weighted by Gasteiger charge is 2.57. The minimum atomic E-state index is -4.28. The molecule has 4 aromatic rings. The van der Waals surface area contributed by atoms with Crippen LogP contribution < -0.4 is 0 Å². The maximum atomic E-state index is 12.9. The van der Waals surface area contributed by atoms with Gasteiger partial charge in [0, 0.05) is 30.5 Å². The molecule has 0 N–H and O–H groups in total. The van der Waals surface area contributed by atoms with Crippen molar-refractivity contribution in [3.05, 3.63) is 72.1 Å². The van der Waals surface area contributed by atoms with E-state index in [4.69, 9.17) is 4.42 Å². The molecule has 1 aliphatic heterocycles. The average Bonchev–Trinajstić information content (AvgIpc) is 3.29. The number of thioether (sulfide) groups is 1. The van der Waals surface area contributed by atoms with E-state index in [1.54, 1.807) is 36.4 Å².